The van der Waals surface area contributed by atoms with Crippen molar-refractivity contribution >= 4 is 5.97 Å². The minimum absolute atomic E-state index is 0.402. The molecule has 1 saturated carbocycles. The van der Waals surface area contributed by atoms with Crippen molar-refractivity contribution in [1.82, 2.24) is 5.32 Å². The Balaban J connectivity index is 1.87. The van der Waals surface area contributed by atoms with Gasteiger partial charge >= 0.3 is 5.97 Å². The van der Waals surface area contributed by atoms with Crippen molar-refractivity contribution in [3.8, 4) is 0 Å². The molecule has 1 aromatic rings. The lowest BCUT2D eigenvalue weighted by molar-refractivity contribution is 0.0695. The molecule has 0 aliphatic heterocycles. The smallest absolute Gasteiger partial charge is 0.336 e. The molecule has 0 spiro atoms. The highest BCUT2D eigenvalue weighted by atomic mass is 16.4. The first-order chi connectivity index (χ1) is 8.18. The maximum Gasteiger partial charge on any atom is 0.336 e. The van der Waals surface area contributed by atoms with E-state index in [-0.39, 0.29) is 0 Å². The number of carbonyl (C=O) groups is 1. The van der Waals surface area contributed by atoms with Crippen molar-refractivity contribution in [2.24, 2.45) is 11.8 Å². The molecule has 0 amide bonds. The minimum atomic E-state index is -0.849. The molecule has 2 N–H and O–H groups in total. The molecule has 0 bridgehead atoms. The lowest BCUT2D eigenvalue weighted by Crippen LogP contribution is -2.22. The van der Waals surface area contributed by atoms with Gasteiger partial charge in [0.1, 0.15) is 0 Å². The van der Waals surface area contributed by atoms with Gasteiger partial charge in [-0.25, -0.2) is 4.79 Å². The normalized spacial score (nSPS) is 16.8. The lowest BCUT2D eigenvalue weighted by Gasteiger charge is -2.12. The summed E-state index contributed by atoms with van der Waals surface area (Å²) in [5.41, 5.74) is 1.27. The molecule has 1 unspecified atom stereocenters. The topological polar surface area (TPSA) is 49.3 Å². The summed E-state index contributed by atoms with van der Waals surface area (Å²) in [7, 11) is 0. The molecule has 1 fully saturated rings. The van der Waals surface area contributed by atoms with Gasteiger partial charge in [-0.15, -0.1) is 0 Å². The van der Waals surface area contributed by atoms with Gasteiger partial charge in [0.2, 0.25) is 0 Å². The van der Waals surface area contributed by atoms with Gasteiger partial charge in [-0.2, -0.15) is 0 Å². The van der Waals surface area contributed by atoms with Crippen molar-refractivity contribution < 1.29 is 9.90 Å². The largest absolute Gasteiger partial charge is 0.478 e. The molecule has 0 heterocycles. The SMILES string of the molecule is CC(CNCc1ccccc1C(=O)O)C1CC1. The highest BCUT2D eigenvalue weighted by molar-refractivity contribution is 5.89. The molecule has 1 aliphatic rings. The van der Waals surface area contributed by atoms with Crippen LogP contribution >= 0.6 is 0 Å². The number of carboxylic acid groups (broad SMARTS) is 1. The fourth-order valence-electron chi connectivity index (χ4n) is 2.15. The zero-order valence-electron chi connectivity index (χ0n) is 10.1. The first-order valence-corrected chi connectivity index (χ1v) is 6.20. The third kappa shape index (κ3) is 3.30. The quantitative estimate of drug-likeness (QED) is 0.793. The summed E-state index contributed by atoms with van der Waals surface area (Å²) in [5.74, 6) is 0.738. The van der Waals surface area contributed by atoms with Gasteiger partial charge in [-0.3, -0.25) is 0 Å². The molecule has 1 atom stereocenters. The molecule has 0 saturated heterocycles. The molecule has 3 heteroatoms. The summed E-state index contributed by atoms with van der Waals surface area (Å²) < 4.78 is 0. The van der Waals surface area contributed by atoms with Gasteiger partial charge in [-0.1, -0.05) is 25.1 Å². The summed E-state index contributed by atoms with van der Waals surface area (Å²) in [6.45, 7) is 3.87. The van der Waals surface area contributed by atoms with E-state index in [9.17, 15) is 4.79 Å². The third-order valence-corrected chi connectivity index (χ3v) is 3.46. The summed E-state index contributed by atoms with van der Waals surface area (Å²) in [5, 5.41) is 12.4. The van der Waals surface area contributed by atoms with Crippen LogP contribution < -0.4 is 5.32 Å². The molecule has 17 heavy (non-hydrogen) atoms. The Kier molecular flexibility index (Phi) is 3.79. The highest BCUT2D eigenvalue weighted by Crippen LogP contribution is 2.36. The minimum Gasteiger partial charge on any atom is -0.478 e. The van der Waals surface area contributed by atoms with Crippen molar-refractivity contribution in [1.29, 1.82) is 0 Å². The van der Waals surface area contributed by atoms with Gasteiger partial charge in [0.05, 0.1) is 5.56 Å². The van der Waals surface area contributed by atoms with Crippen LogP contribution in [-0.2, 0) is 6.54 Å². The molecule has 1 aliphatic carbocycles. The van der Waals surface area contributed by atoms with Crippen LogP contribution in [0.3, 0.4) is 0 Å². The maximum absolute atomic E-state index is 11.0. The van der Waals surface area contributed by atoms with Crippen molar-refractivity contribution in [3.05, 3.63) is 35.4 Å². The number of hydrogen-bond acceptors (Lipinski definition) is 2. The monoisotopic (exact) mass is 233 g/mol. The molecule has 1 aromatic carbocycles. The Morgan fingerprint density at radius 1 is 1.47 bits per heavy atom. The van der Waals surface area contributed by atoms with Crippen LogP contribution in [0.15, 0.2) is 24.3 Å². The second kappa shape index (κ2) is 5.32. The van der Waals surface area contributed by atoms with Gasteiger partial charge in [-0.05, 0) is 42.9 Å². The average molecular weight is 233 g/mol. The van der Waals surface area contributed by atoms with E-state index in [1.165, 1.54) is 12.8 Å². The number of carboxylic acids is 1. The van der Waals surface area contributed by atoms with Crippen LogP contribution in [0.4, 0.5) is 0 Å². The van der Waals surface area contributed by atoms with E-state index in [2.05, 4.69) is 12.2 Å². The van der Waals surface area contributed by atoms with E-state index in [1.54, 1.807) is 12.1 Å². The summed E-state index contributed by atoms with van der Waals surface area (Å²) in [6.07, 6.45) is 2.71. The van der Waals surface area contributed by atoms with Gasteiger partial charge in [0.25, 0.3) is 0 Å². The van der Waals surface area contributed by atoms with Crippen molar-refractivity contribution in [2.75, 3.05) is 6.54 Å². The van der Waals surface area contributed by atoms with E-state index in [0.29, 0.717) is 18.0 Å². The fraction of sp³-hybridized carbons (Fsp3) is 0.500. The first kappa shape index (κ1) is 12.1. The predicted octanol–water partition coefficient (Wildman–Crippen LogP) is 2.52. The van der Waals surface area contributed by atoms with Crippen LogP contribution in [-0.4, -0.2) is 17.6 Å². The van der Waals surface area contributed by atoms with Crippen LogP contribution in [0.5, 0.6) is 0 Å². The van der Waals surface area contributed by atoms with Crippen LogP contribution in [0, 0.1) is 11.8 Å². The predicted molar refractivity (Wildman–Crippen MR) is 67.0 cm³/mol. The van der Waals surface area contributed by atoms with Crippen molar-refractivity contribution in [3.63, 3.8) is 0 Å². The maximum atomic E-state index is 11.0. The molecule has 0 aromatic heterocycles. The van der Waals surface area contributed by atoms with E-state index in [0.717, 1.165) is 18.0 Å². The van der Waals surface area contributed by atoms with Gasteiger partial charge < -0.3 is 10.4 Å². The van der Waals surface area contributed by atoms with Crippen LogP contribution in [0.2, 0.25) is 0 Å². The zero-order chi connectivity index (χ0) is 12.3. The first-order valence-electron chi connectivity index (χ1n) is 6.20. The van der Waals surface area contributed by atoms with Gasteiger partial charge in [0.15, 0.2) is 0 Å². The number of aromatic carboxylic acids is 1. The number of hydrogen-bond donors (Lipinski definition) is 2. The van der Waals surface area contributed by atoms with E-state index in [1.807, 2.05) is 12.1 Å². The Morgan fingerprint density at radius 2 is 2.18 bits per heavy atom. The Morgan fingerprint density at radius 3 is 2.82 bits per heavy atom. The zero-order valence-corrected chi connectivity index (χ0v) is 10.1. The Bertz CT molecular complexity index is 399. The molecular formula is C14H19NO2. The molecule has 0 radical (unpaired) electrons. The number of nitrogens with one attached hydrogen (secondary N) is 1. The molecule has 3 nitrogen and oxygen atoms in total. The fourth-order valence-corrected chi connectivity index (χ4v) is 2.15. The lowest BCUT2D eigenvalue weighted by atomic mass is 10.1. The van der Waals surface area contributed by atoms with Gasteiger partial charge in [0, 0.05) is 6.54 Å². The van der Waals surface area contributed by atoms with Crippen LogP contribution in [0.1, 0.15) is 35.7 Å². The Labute approximate surface area is 102 Å². The third-order valence-electron chi connectivity index (χ3n) is 3.46. The summed E-state index contributed by atoms with van der Waals surface area (Å²) >= 11 is 0. The highest BCUT2D eigenvalue weighted by Gasteiger charge is 2.27. The Hall–Kier alpha value is -1.35. The standard InChI is InChI=1S/C14H19NO2/c1-10(11-6-7-11)8-15-9-12-4-2-3-5-13(12)14(16)17/h2-5,10-11,15H,6-9H2,1H3,(H,16,17). The van der Waals surface area contributed by atoms with E-state index in [4.69, 9.17) is 5.11 Å². The van der Waals surface area contributed by atoms with Crippen LogP contribution in [0.25, 0.3) is 0 Å². The summed E-state index contributed by atoms with van der Waals surface area (Å²) in [4.78, 5) is 11.0. The van der Waals surface area contributed by atoms with E-state index >= 15 is 0 Å². The molecular weight excluding hydrogens is 214 g/mol. The summed E-state index contributed by atoms with van der Waals surface area (Å²) in [6, 6.07) is 7.18. The average Bonchev–Trinajstić information content (AvgIpc) is 3.13. The van der Waals surface area contributed by atoms with E-state index < -0.39 is 5.97 Å². The molecule has 92 valence electrons. The number of rotatable bonds is 6. The molecule has 2 rings (SSSR count). The second-order valence-electron chi connectivity index (χ2n) is 4.91. The second-order valence-corrected chi connectivity index (χ2v) is 4.91. The van der Waals surface area contributed by atoms with Crippen molar-refractivity contribution in [2.45, 2.75) is 26.3 Å². The number of benzene rings is 1.